The number of piperazine rings is 1. The van der Waals surface area contributed by atoms with E-state index in [0.29, 0.717) is 17.1 Å². The van der Waals surface area contributed by atoms with Gasteiger partial charge in [0.05, 0.1) is 13.2 Å². The van der Waals surface area contributed by atoms with Crippen LogP contribution in [0.15, 0.2) is 34.8 Å². The molecule has 2 aliphatic rings. The van der Waals surface area contributed by atoms with Crippen molar-refractivity contribution in [1.29, 1.82) is 0 Å². The molecule has 0 atom stereocenters. The quantitative estimate of drug-likeness (QED) is 0.278. The highest BCUT2D eigenvalue weighted by molar-refractivity contribution is 14.0. The molecule has 0 radical (unpaired) electrons. The Morgan fingerprint density at radius 3 is 2.71 bits per heavy atom. The van der Waals surface area contributed by atoms with Crippen molar-refractivity contribution in [2.45, 2.75) is 19.4 Å². The lowest BCUT2D eigenvalue weighted by atomic mass is 10.1. The van der Waals surface area contributed by atoms with E-state index in [1.807, 2.05) is 7.05 Å². The smallest absolute Gasteiger partial charge is 0.193 e. The van der Waals surface area contributed by atoms with E-state index < -0.39 is 0 Å². The summed E-state index contributed by atoms with van der Waals surface area (Å²) in [6.45, 7) is 6.42. The summed E-state index contributed by atoms with van der Waals surface area (Å²) in [5, 5.41) is 3.96. The van der Waals surface area contributed by atoms with Gasteiger partial charge in [0.2, 0.25) is 0 Å². The van der Waals surface area contributed by atoms with Gasteiger partial charge in [-0.05, 0) is 25.0 Å². The summed E-state index contributed by atoms with van der Waals surface area (Å²) in [6.07, 6.45) is 4.23. The van der Waals surface area contributed by atoms with Gasteiger partial charge in [-0.15, -0.1) is 24.0 Å². The number of halogens is 3. The van der Waals surface area contributed by atoms with Crippen LogP contribution in [0, 0.1) is 5.82 Å². The van der Waals surface area contributed by atoms with Gasteiger partial charge in [-0.1, -0.05) is 29.3 Å². The van der Waals surface area contributed by atoms with Gasteiger partial charge >= 0.3 is 0 Å². The maximum atomic E-state index is 14.0. The van der Waals surface area contributed by atoms with Crippen molar-refractivity contribution in [3.63, 3.8) is 0 Å². The van der Waals surface area contributed by atoms with Crippen LogP contribution in [0.5, 0.6) is 0 Å². The first-order valence-electron chi connectivity index (χ1n) is 9.54. The first-order chi connectivity index (χ1) is 13.2. The van der Waals surface area contributed by atoms with Crippen LogP contribution in [0.2, 0.25) is 5.02 Å². The minimum atomic E-state index is -0.232. The number of rotatable bonds is 5. The lowest BCUT2D eigenvalue weighted by Crippen LogP contribution is -2.52. The van der Waals surface area contributed by atoms with E-state index in [9.17, 15) is 4.39 Å². The molecular weight excluding hydrogens is 494 g/mol. The van der Waals surface area contributed by atoms with Gasteiger partial charge in [-0.2, -0.15) is 0 Å². The van der Waals surface area contributed by atoms with Crippen molar-refractivity contribution in [1.82, 2.24) is 15.1 Å². The minimum absolute atomic E-state index is 0. The molecule has 5 nitrogen and oxygen atoms in total. The van der Waals surface area contributed by atoms with E-state index >= 15 is 0 Å². The largest absolute Gasteiger partial charge is 0.377 e. The van der Waals surface area contributed by atoms with Crippen molar-refractivity contribution >= 4 is 41.5 Å². The van der Waals surface area contributed by atoms with Crippen molar-refractivity contribution < 1.29 is 9.13 Å². The van der Waals surface area contributed by atoms with Crippen molar-refractivity contribution in [2.75, 3.05) is 53.0 Å². The first kappa shape index (κ1) is 23.4. The lowest BCUT2D eigenvalue weighted by molar-refractivity contribution is 0.153. The van der Waals surface area contributed by atoms with E-state index in [-0.39, 0.29) is 29.8 Å². The molecule has 2 aliphatic heterocycles. The number of benzene rings is 1. The molecule has 1 fully saturated rings. The number of nitrogens with zero attached hydrogens (tertiary/aromatic N) is 3. The maximum absolute atomic E-state index is 14.0. The Morgan fingerprint density at radius 1 is 1.29 bits per heavy atom. The summed E-state index contributed by atoms with van der Waals surface area (Å²) >= 11 is 6.15. The summed E-state index contributed by atoms with van der Waals surface area (Å²) in [4.78, 5) is 8.92. The van der Waals surface area contributed by atoms with Gasteiger partial charge in [-0.25, -0.2) is 4.39 Å². The van der Waals surface area contributed by atoms with Crippen molar-refractivity contribution in [3.8, 4) is 0 Å². The fraction of sp³-hybridized carbons (Fsp3) is 0.550. The van der Waals surface area contributed by atoms with Gasteiger partial charge < -0.3 is 15.0 Å². The Hall–Kier alpha value is -0.900. The molecule has 0 amide bonds. The molecule has 156 valence electrons. The van der Waals surface area contributed by atoms with E-state index in [2.05, 4.69) is 26.2 Å². The predicted molar refractivity (Wildman–Crippen MR) is 123 cm³/mol. The van der Waals surface area contributed by atoms with Crippen molar-refractivity contribution in [3.05, 3.63) is 46.3 Å². The zero-order chi connectivity index (χ0) is 19.1. The molecule has 2 heterocycles. The maximum Gasteiger partial charge on any atom is 0.193 e. The number of nitrogens with one attached hydrogen (secondary N) is 1. The first-order valence-corrected chi connectivity index (χ1v) is 9.91. The zero-order valence-electron chi connectivity index (χ0n) is 16.3. The molecule has 1 aromatic carbocycles. The number of guanidine groups is 1. The van der Waals surface area contributed by atoms with E-state index in [1.165, 1.54) is 11.6 Å². The average molecular weight is 523 g/mol. The van der Waals surface area contributed by atoms with Crippen LogP contribution in [-0.4, -0.2) is 68.7 Å². The summed E-state index contributed by atoms with van der Waals surface area (Å²) in [6, 6.07) is 4.86. The number of aliphatic imine (C=N–C) groups is 1. The fourth-order valence-electron chi connectivity index (χ4n) is 3.48. The third kappa shape index (κ3) is 6.57. The normalized spacial score (nSPS) is 18.5. The SMILES string of the molecule is CN=C(NCCC1=CCOCC1)N1CCN(Cc2c(F)cccc2Cl)CC1.I. The highest BCUT2D eigenvalue weighted by atomic mass is 127. The van der Waals surface area contributed by atoms with Gasteiger partial charge in [0.25, 0.3) is 0 Å². The lowest BCUT2D eigenvalue weighted by Gasteiger charge is -2.36. The molecule has 0 unspecified atom stereocenters. The molecular formula is C20H29ClFIN4O. The van der Waals surface area contributed by atoms with Gasteiger partial charge in [-0.3, -0.25) is 9.89 Å². The number of hydrogen-bond acceptors (Lipinski definition) is 3. The van der Waals surface area contributed by atoms with E-state index in [0.717, 1.165) is 64.7 Å². The molecule has 0 aromatic heterocycles. The molecule has 1 saturated heterocycles. The second-order valence-electron chi connectivity index (χ2n) is 6.87. The van der Waals surface area contributed by atoms with Gasteiger partial charge in [0.1, 0.15) is 5.82 Å². The molecule has 3 rings (SSSR count). The predicted octanol–water partition coefficient (Wildman–Crippen LogP) is 3.53. The van der Waals surface area contributed by atoms with Crippen LogP contribution in [0.1, 0.15) is 18.4 Å². The molecule has 1 aromatic rings. The van der Waals surface area contributed by atoms with Gasteiger partial charge in [0.15, 0.2) is 5.96 Å². The second kappa shape index (κ2) is 11.9. The summed E-state index contributed by atoms with van der Waals surface area (Å²) in [5.74, 6) is 0.705. The Morgan fingerprint density at radius 2 is 2.07 bits per heavy atom. The fourth-order valence-corrected chi connectivity index (χ4v) is 3.71. The topological polar surface area (TPSA) is 40.1 Å². The molecule has 0 spiro atoms. The van der Waals surface area contributed by atoms with Crippen LogP contribution in [0.3, 0.4) is 0 Å². The van der Waals surface area contributed by atoms with Crippen LogP contribution in [0.4, 0.5) is 4.39 Å². The van der Waals surface area contributed by atoms with E-state index in [1.54, 1.807) is 12.1 Å². The molecule has 0 saturated carbocycles. The minimum Gasteiger partial charge on any atom is -0.377 e. The van der Waals surface area contributed by atoms with E-state index in [4.69, 9.17) is 16.3 Å². The van der Waals surface area contributed by atoms with Crippen LogP contribution in [0.25, 0.3) is 0 Å². The van der Waals surface area contributed by atoms with Crippen LogP contribution >= 0.6 is 35.6 Å². The number of hydrogen-bond donors (Lipinski definition) is 1. The Balaban J connectivity index is 0.00000280. The van der Waals surface area contributed by atoms with Gasteiger partial charge in [0, 0.05) is 56.9 Å². The monoisotopic (exact) mass is 522 g/mol. The van der Waals surface area contributed by atoms with Crippen LogP contribution in [-0.2, 0) is 11.3 Å². The summed E-state index contributed by atoms with van der Waals surface area (Å²) in [7, 11) is 1.82. The molecule has 1 N–H and O–H groups in total. The zero-order valence-corrected chi connectivity index (χ0v) is 19.4. The average Bonchev–Trinajstić information content (AvgIpc) is 2.70. The standard InChI is InChI=1S/C20H28ClFN4O.HI/c1-23-20(24-8-5-16-6-13-27-14-7-16)26-11-9-25(10-12-26)15-17-18(21)3-2-4-19(17)22;/h2-4,6H,5,7-15H2,1H3,(H,23,24);1H. The molecule has 28 heavy (non-hydrogen) atoms. The third-order valence-corrected chi connectivity index (χ3v) is 5.47. The third-order valence-electron chi connectivity index (χ3n) is 5.11. The Labute approximate surface area is 189 Å². The highest BCUT2D eigenvalue weighted by Gasteiger charge is 2.21. The Kier molecular flexibility index (Phi) is 9.98. The second-order valence-corrected chi connectivity index (χ2v) is 7.28. The summed E-state index contributed by atoms with van der Waals surface area (Å²) < 4.78 is 19.3. The summed E-state index contributed by atoms with van der Waals surface area (Å²) in [5.41, 5.74) is 2.04. The Bertz CT molecular complexity index is 673. The van der Waals surface area contributed by atoms with Crippen LogP contribution < -0.4 is 5.32 Å². The number of ether oxygens (including phenoxy) is 1. The molecule has 0 aliphatic carbocycles. The molecule has 8 heteroatoms. The molecule has 0 bridgehead atoms. The highest BCUT2D eigenvalue weighted by Crippen LogP contribution is 2.21. The van der Waals surface area contributed by atoms with Crippen molar-refractivity contribution in [2.24, 2.45) is 4.99 Å².